The zero-order valence-corrected chi connectivity index (χ0v) is 16.7. The number of nitrogen functional groups attached to an aromatic ring is 1. The van der Waals surface area contributed by atoms with Gasteiger partial charge < -0.3 is 21.8 Å². The molecule has 8 heteroatoms. The zero-order chi connectivity index (χ0) is 21.3. The fourth-order valence-electron chi connectivity index (χ4n) is 3.72. The summed E-state index contributed by atoms with van der Waals surface area (Å²) in [5.41, 5.74) is 14.4. The van der Waals surface area contributed by atoms with Gasteiger partial charge in [0.25, 0.3) is 0 Å². The summed E-state index contributed by atoms with van der Waals surface area (Å²) in [5.74, 6) is 0.151. The number of aromatic nitrogens is 3. The topological polar surface area (TPSA) is 137 Å². The molecular weight excluding hydrogens is 380 g/mol. The number of aliphatic hydroxyl groups is 1. The molecule has 1 saturated carbocycles. The van der Waals surface area contributed by atoms with Crippen LogP contribution in [0.1, 0.15) is 41.9 Å². The maximum absolute atomic E-state index is 12.7. The fraction of sp³-hybridized carbons (Fsp3) is 0.273. The summed E-state index contributed by atoms with van der Waals surface area (Å²) in [6, 6.07) is 10.9. The molecule has 2 aromatic heterocycles. The number of pyridine rings is 1. The number of para-hydroxylation sites is 1. The van der Waals surface area contributed by atoms with Crippen molar-refractivity contribution in [3.63, 3.8) is 0 Å². The summed E-state index contributed by atoms with van der Waals surface area (Å²) in [5, 5.41) is 24.0. The van der Waals surface area contributed by atoms with E-state index in [2.05, 4.69) is 15.0 Å². The Hall–Kier alpha value is -3.52. The Morgan fingerprint density at radius 2 is 2.03 bits per heavy atom. The molecule has 0 bridgehead atoms. The molecule has 0 saturated heterocycles. The Balaban J connectivity index is 1.63. The molecule has 8 nitrogen and oxygen atoms in total. The molecule has 1 aliphatic rings. The number of aliphatic imine (C=N–C) groups is 1. The number of benzene rings is 1. The van der Waals surface area contributed by atoms with Crippen LogP contribution < -0.4 is 16.2 Å². The van der Waals surface area contributed by atoms with Crippen LogP contribution in [-0.2, 0) is 12.1 Å². The molecule has 0 atom stereocenters. The molecular formula is C22H24N6O2. The summed E-state index contributed by atoms with van der Waals surface area (Å²) in [6.45, 7) is 2.09. The lowest BCUT2D eigenvalue weighted by Crippen LogP contribution is -2.48. The molecule has 154 valence electrons. The van der Waals surface area contributed by atoms with Crippen LogP contribution in [0.5, 0.6) is 0 Å². The standard InChI is InChI=1S/C22H24N6O2/c1-14-5-2-7-17-19(14)26-21(24)27-20(17)15(11-23)12-25-13-16-6-3-8-18(28(16)30)22(29)9-4-10-22/h2-3,5-8,11-12,29H,4,9-10,13,23H2,1H3,(H2,24,26,27). The van der Waals surface area contributed by atoms with E-state index in [-0.39, 0.29) is 12.5 Å². The van der Waals surface area contributed by atoms with Gasteiger partial charge >= 0.3 is 0 Å². The average Bonchev–Trinajstić information content (AvgIpc) is 2.71. The van der Waals surface area contributed by atoms with Crippen molar-refractivity contribution in [1.82, 2.24) is 9.97 Å². The number of nitrogens with zero attached hydrogens (tertiary/aromatic N) is 4. The second kappa shape index (κ2) is 7.72. The maximum atomic E-state index is 12.7. The second-order valence-electron chi connectivity index (χ2n) is 7.58. The molecule has 0 radical (unpaired) electrons. The largest absolute Gasteiger partial charge is 0.618 e. The monoisotopic (exact) mass is 404 g/mol. The van der Waals surface area contributed by atoms with E-state index in [0.717, 1.165) is 27.6 Å². The number of fused-ring (bicyclic) bond motifs is 1. The van der Waals surface area contributed by atoms with E-state index in [9.17, 15) is 10.3 Å². The average molecular weight is 404 g/mol. The molecule has 0 spiro atoms. The normalized spacial score (nSPS) is 16.1. The fourth-order valence-corrected chi connectivity index (χ4v) is 3.72. The number of hydrogen-bond acceptors (Lipinski definition) is 7. The highest BCUT2D eigenvalue weighted by Gasteiger charge is 2.42. The van der Waals surface area contributed by atoms with E-state index in [1.54, 1.807) is 24.4 Å². The molecule has 5 N–H and O–H groups in total. The van der Waals surface area contributed by atoms with Crippen LogP contribution in [0.15, 0.2) is 47.6 Å². The number of hydrogen-bond donors (Lipinski definition) is 3. The zero-order valence-electron chi connectivity index (χ0n) is 16.7. The van der Waals surface area contributed by atoms with Crippen LogP contribution in [0, 0.1) is 12.1 Å². The van der Waals surface area contributed by atoms with Crippen molar-refractivity contribution in [3.8, 4) is 0 Å². The predicted octanol–water partition coefficient (Wildman–Crippen LogP) is 2.10. The Labute approximate surface area is 174 Å². The van der Waals surface area contributed by atoms with Crippen molar-refractivity contribution in [2.45, 2.75) is 38.3 Å². The van der Waals surface area contributed by atoms with Crippen LogP contribution in [0.2, 0.25) is 0 Å². The lowest BCUT2D eigenvalue weighted by molar-refractivity contribution is -0.632. The minimum atomic E-state index is -1.03. The smallest absolute Gasteiger partial charge is 0.224 e. The first-order valence-electron chi connectivity index (χ1n) is 9.82. The van der Waals surface area contributed by atoms with Crippen molar-refractivity contribution < 1.29 is 9.84 Å². The summed E-state index contributed by atoms with van der Waals surface area (Å²) >= 11 is 0. The van der Waals surface area contributed by atoms with Gasteiger partial charge in [-0.1, -0.05) is 18.2 Å². The van der Waals surface area contributed by atoms with Crippen LogP contribution in [0.25, 0.3) is 16.5 Å². The van der Waals surface area contributed by atoms with Crippen molar-refractivity contribution in [1.29, 1.82) is 0 Å². The van der Waals surface area contributed by atoms with E-state index in [0.29, 0.717) is 35.5 Å². The molecule has 0 amide bonds. The van der Waals surface area contributed by atoms with Gasteiger partial charge in [-0.25, -0.2) is 9.97 Å². The first-order valence-corrected chi connectivity index (χ1v) is 9.82. The third-order valence-electron chi connectivity index (χ3n) is 5.56. The van der Waals surface area contributed by atoms with Gasteiger partial charge in [0.2, 0.25) is 17.3 Å². The van der Waals surface area contributed by atoms with Gasteiger partial charge in [0, 0.05) is 35.5 Å². The van der Waals surface area contributed by atoms with Gasteiger partial charge in [0.1, 0.15) is 12.1 Å². The van der Waals surface area contributed by atoms with E-state index >= 15 is 0 Å². The molecule has 2 heterocycles. The molecule has 1 aliphatic carbocycles. The van der Waals surface area contributed by atoms with E-state index < -0.39 is 5.60 Å². The van der Waals surface area contributed by atoms with Crippen molar-refractivity contribution in [2.75, 3.05) is 5.73 Å². The first-order chi connectivity index (χ1) is 14.4. The highest BCUT2D eigenvalue weighted by molar-refractivity contribution is 6.13. The summed E-state index contributed by atoms with van der Waals surface area (Å²) in [6.07, 6.45) is 5.10. The van der Waals surface area contributed by atoms with Gasteiger partial charge in [-0.05, 0) is 37.8 Å². The Morgan fingerprint density at radius 1 is 1.27 bits per heavy atom. The highest BCUT2D eigenvalue weighted by atomic mass is 16.5. The summed E-state index contributed by atoms with van der Waals surface area (Å²) in [7, 11) is 0. The number of anilines is 1. The second-order valence-corrected chi connectivity index (χ2v) is 7.58. The summed E-state index contributed by atoms with van der Waals surface area (Å²) < 4.78 is 0.782. The number of aryl methyl sites for hydroxylation is 1. The lowest BCUT2D eigenvalue weighted by atomic mass is 9.77. The molecule has 1 fully saturated rings. The molecule has 3 aromatic rings. The van der Waals surface area contributed by atoms with E-state index in [1.165, 1.54) is 6.20 Å². The van der Waals surface area contributed by atoms with Crippen LogP contribution in [-0.4, -0.2) is 21.3 Å². The van der Waals surface area contributed by atoms with E-state index in [4.69, 9.17) is 11.5 Å². The minimum absolute atomic E-state index is 0.141. The van der Waals surface area contributed by atoms with Gasteiger partial charge in [-0.3, -0.25) is 4.99 Å². The number of allylic oxidation sites excluding steroid dienone is 1. The molecule has 0 unspecified atom stereocenters. The SMILES string of the molecule is Cc1cccc2c(C(C=NCc3cccc(C4(O)CCC4)[n+]3[O-])=CN)nc(N)nc12. The van der Waals surface area contributed by atoms with Crippen molar-refractivity contribution in [2.24, 2.45) is 10.7 Å². The molecule has 1 aromatic carbocycles. The Kier molecular flexibility index (Phi) is 5.09. The number of nitrogens with two attached hydrogens (primary N) is 2. The van der Waals surface area contributed by atoms with Crippen LogP contribution in [0.4, 0.5) is 5.95 Å². The van der Waals surface area contributed by atoms with Gasteiger partial charge in [-0.15, -0.1) is 0 Å². The third kappa shape index (κ3) is 3.46. The number of rotatable bonds is 5. The molecule has 0 aliphatic heterocycles. The van der Waals surface area contributed by atoms with E-state index in [1.807, 2.05) is 25.1 Å². The van der Waals surface area contributed by atoms with Crippen LogP contribution >= 0.6 is 0 Å². The molecule has 30 heavy (non-hydrogen) atoms. The van der Waals surface area contributed by atoms with Crippen LogP contribution in [0.3, 0.4) is 0 Å². The van der Waals surface area contributed by atoms with Crippen molar-refractivity contribution in [3.05, 3.63) is 70.5 Å². The first kappa shape index (κ1) is 19.8. The molecule has 4 rings (SSSR count). The highest BCUT2D eigenvalue weighted by Crippen LogP contribution is 2.39. The Morgan fingerprint density at radius 3 is 2.73 bits per heavy atom. The maximum Gasteiger partial charge on any atom is 0.224 e. The van der Waals surface area contributed by atoms with Crippen molar-refractivity contribution >= 4 is 28.6 Å². The Bertz CT molecular complexity index is 1170. The predicted molar refractivity (Wildman–Crippen MR) is 116 cm³/mol. The minimum Gasteiger partial charge on any atom is -0.618 e. The lowest BCUT2D eigenvalue weighted by Gasteiger charge is -2.34. The third-order valence-corrected chi connectivity index (χ3v) is 5.56. The van der Waals surface area contributed by atoms with Gasteiger partial charge in [0.05, 0.1) is 11.2 Å². The quantitative estimate of drug-likeness (QED) is 0.338. The van der Waals surface area contributed by atoms with Gasteiger partial charge in [-0.2, -0.15) is 4.73 Å². The summed E-state index contributed by atoms with van der Waals surface area (Å²) in [4.78, 5) is 13.1. The van der Waals surface area contributed by atoms with Gasteiger partial charge in [0.15, 0.2) is 0 Å².